The average molecular weight is 506 g/mol. The van der Waals surface area contributed by atoms with Crippen molar-refractivity contribution in [3.8, 4) is 11.5 Å². The largest absolute Gasteiger partial charge is 0.508 e. The molecule has 2 fully saturated rings. The lowest BCUT2D eigenvalue weighted by molar-refractivity contribution is -0.338. The van der Waals surface area contributed by atoms with E-state index in [-0.39, 0.29) is 22.6 Å². The van der Waals surface area contributed by atoms with Gasteiger partial charge in [0.1, 0.15) is 72.0 Å². The molecule has 14 nitrogen and oxygen atoms in total. The number of carbonyl (C=O) groups excluding carboxylic acids is 1. The molecule has 3 rings (SSSR count). The fraction of sp³-hybridized carbons (Fsp3) is 0.667. The van der Waals surface area contributed by atoms with Crippen molar-refractivity contribution in [2.45, 2.75) is 74.3 Å². The minimum atomic E-state index is -1.95. The average Bonchev–Trinajstić information content (AvgIpc) is 2.82. The lowest BCUT2D eigenvalue weighted by Gasteiger charge is -2.46. The molecule has 0 aromatic heterocycles. The number of phenolic OH excluding ortho intramolecular Hbond substituents is 1. The van der Waals surface area contributed by atoms with Crippen molar-refractivity contribution in [3.05, 3.63) is 23.3 Å². The van der Waals surface area contributed by atoms with Crippen molar-refractivity contribution in [1.29, 1.82) is 0 Å². The van der Waals surface area contributed by atoms with Gasteiger partial charge in [-0.2, -0.15) is 0 Å². The number of methoxy groups -OCH3 is 1. The molecule has 0 spiro atoms. The van der Waals surface area contributed by atoms with Gasteiger partial charge in [0.05, 0.1) is 13.7 Å². The summed E-state index contributed by atoms with van der Waals surface area (Å²) in [6, 6.07) is 2.44. The topological polar surface area (TPSA) is 236 Å². The first-order valence-electron chi connectivity index (χ1n) is 10.7. The zero-order chi connectivity index (χ0) is 26.2. The van der Waals surface area contributed by atoms with Gasteiger partial charge in [0.25, 0.3) is 0 Å². The molecule has 1 aliphatic heterocycles. The number of aliphatic hydroxyl groups excluding tert-OH is 8. The molecule has 0 radical (unpaired) electrons. The highest BCUT2D eigenvalue weighted by molar-refractivity contribution is 5.94. The molecule has 1 aliphatic carbocycles. The van der Waals surface area contributed by atoms with Crippen LogP contribution >= 0.6 is 0 Å². The molecule has 14 heteroatoms. The van der Waals surface area contributed by atoms with Gasteiger partial charge >= 0.3 is 5.97 Å². The molecule has 0 bridgehead atoms. The van der Waals surface area contributed by atoms with Crippen LogP contribution in [-0.4, -0.2) is 133 Å². The van der Waals surface area contributed by atoms with Crippen molar-refractivity contribution < 1.29 is 69.7 Å². The minimum absolute atomic E-state index is 0.0272. The van der Waals surface area contributed by atoms with E-state index in [0.29, 0.717) is 0 Å². The fourth-order valence-electron chi connectivity index (χ4n) is 4.16. The highest BCUT2D eigenvalue weighted by atomic mass is 16.7. The predicted molar refractivity (Wildman–Crippen MR) is 111 cm³/mol. The number of carbonyl (C=O) groups is 1. The van der Waals surface area contributed by atoms with Crippen LogP contribution < -0.4 is 4.74 Å². The lowest BCUT2D eigenvalue weighted by Crippen LogP contribution is -2.67. The third-order valence-corrected chi connectivity index (χ3v) is 6.14. The predicted octanol–water partition coefficient (Wildman–Crippen LogP) is -4.12. The Labute approximate surface area is 199 Å². The standard InChI is InChI=1S/C21H30O14/c1-6-3-7(23)4-8(32-2)10(6)20(31)34-18-9(5-22)33-21(17(30)16(18)29)35-19-14(27)12(25)11(24)13(26)15(19)28/h3-4,9,11-19,21-30H,5H2,1-2H3/t9-,11?,12+,13+,14-,15+,16-,17-,18-,19?,21+/m0/s1. The van der Waals surface area contributed by atoms with Crippen LogP contribution in [0.2, 0.25) is 0 Å². The number of aryl methyl sites for hydroxylation is 1. The Morgan fingerprint density at radius 2 is 1.43 bits per heavy atom. The summed E-state index contributed by atoms with van der Waals surface area (Å²) in [6.07, 6.45) is -20.0. The highest BCUT2D eigenvalue weighted by Gasteiger charge is 2.53. The van der Waals surface area contributed by atoms with E-state index in [4.69, 9.17) is 18.9 Å². The van der Waals surface area contributed by atoms with Gasteiger partial charge in [0.15, 0.2) is 12.4 Å². The maximum atomic E-state index is 12.8. The molecule has 1 aromatic rings. The number of hydrogen-bond donors (Lipinski definition) is 9. The molecule has 11 atom stereocenters. The second kappa shape index (κ2) is 10.9. The van der Waals surface area contributed by atoms with E-state index < -0.39 is 79.9 Å². The van der Waals surface area contributed by atoms with E-state index in [1.54, 1.807) is 0 Å². The van der Waals surface area contributed by atoms with E-state index in [9.17, 15) is 50.8 Å². The first-order valence-corrected chi connectivity index (χ1v) is 10.7. The summed E-state index contributed by atoms with van der Waals surface area (Å²) >= 11 is 0. The Kier molecular flexibility index (Phi) is 8.54. The van der Waals surface area contributed by atoms with Crippen LogP contribution in [0.3, 0.4) is 0 Å². The van der Waals surface area contributed by atoms with Gasteiger partial charge in [-0.25, -0.2) is 4.79 Å². The van der Waals surface area contributed by atoms with E-state index in [0.717, 1.165) is 0 Å². The van der Waals surface area contributed by atoms with Crippen LogP contribution in [0.1, 0.15) is 15.9 Å². The van der Waals surface area contributed by atoms with Gasteiger partial charge in [-0.05, 0) is 18.6 Å². The van der Waals surface area contributed by atoms with E-state index in [2.05, 4.69) is 0 Å². The first kappa shape index (κ1) is 27.5. The lowest BCUT2D eigenvalue weighted by atomic mass is 9.84. The smallest absolute Gasteiger partial charge is 0.342 e. The molecule has 0 amide bonds. The molecule has 1 aromatic carbocycles. The van der Waals surface area contributed by atoms with Crippen LogP contribution in [0.5, 0.6) is 11.5 Å². The molecule has 1 saturated carbocycles. The van der Waals surface area contributed by atoms with Crippen LogP contribution in [0.15, 0.2) is 12.1 Å². The molecule has 2 unspecified atom stereocenters. The van der Waals surface area contributed by atoms with Crippen LogP contribution in [0.4, 0.5) is 0 Å². The number of aliphatic hydroxyl groups is 8. The normalized spacial score (nSPS) is 39.8. The molecular weight excluding hydrogens is 476 g/mol. The van der Waals surface area contributed by atoms with Gasteiger partial charge in [0.2, 0.25) is 0 Å². The van der Waals surface area contributed by atoms with Gasteiger partial charge in [-0.15, -0.1) is 0 Å². The maximum absolute atomic E-state index is 12.8. The Balaban J connectivity index is 1.78. The zero-order valence-corrected chi connectivity index (χ0v) is 18.8. The van der Waals surface area contributed by atoms with Crippen molar-refractivity contribution >= 4 is 5.97 Å². The summed E-state index contributed by atoms with van der Waals surface area (Å²) < 4.78 is 21.1. The number of ether oxygens (including phenoxy) is 4. The number of rotatable bonds is 6. The number of benzene rings is 1. The third-order valence-electron chi connectivity index (χ3n) is 6.14. The Hall–Kier alpha value is -2.11. The molecule has 1 saturated heterocycles. The molecule has 198 valence electrons. The fourth-order valence-corrected chi connectivity index (χ4v) is 4.16. The van der Waals surface area contributed by atoms with Crippen LogP contribution in [0.25, 0.3) is 0 Å². The summed E-state index contributed by atoms with van der Waals surface area (Å²) in [5.74, 6) is -1.22. The van der Waals surface area contributed by atoms with Crippen molar-refractivity contribution in [2.75, 3.05) is 13.7 Å². The second-order valence-electron chi connectivity index (χ2n) is 8.47. The number of aromatic hydroxyl groups is 1. The van der Waals surface area contributed by atoms with E-state index in [1.807, 2.05) is 0 Å². The number of esters is 1. The summed E-state index contributed by atoms with van der Waals surface area (Å²) in [5, 5.41) is 90.3. The quantitative estimate of drug-likeness (QED) is 0.167. The minimum Gasteiger partial charge on any atom is -0.508 e. The molecule has 2 aliphatic rings. The zero-order valence-electron chi connectivity index (χ0n) is 18.8. The number of phenols is 1. The summed E-state index contributed by atoms with van der Waals surface area (Å²) in [4.78, 5) is 12.8. The first-order chi connectivity index (χ1) is 16.4. The summed E-state index contributed by atoms with van der Waals surface area (Å²) in [5.41, 5.74) is 0.192. The van der Waals surface area contributed by atoms with E-state index in [1.165, 1.54) is 26.2 Å². The van der Waals surface area contributed by atoms with E-state index >= 15 is 0 Å². The monoisotopic (exact) mass is 506 g/mol. The molecule has 35 heavy (non-hydrogen) atoms. The second-order valence-corrected chi connectivity index (χ2v) is 8.47. The molecule has 9 N–H and O–H groups in total. The van der Waals surface area contributed by atoms with Crippen LogP contribution in [-0.2, 0) is 14.2 Å². The highest BCUT2D eigenvalue weighted by Crippen LogP contribution is 2.32. The van der Waals surface area contributed by atoms with Crippen LogP contribution in [0, 0.1) is 6.92 Å². The summed E-state index contributed by atoms with van der Waals surface area (Å²) in [6.45, 7) is 0.669. The van der Waals surface area contributed by atoms with Gasteiger partial charge in [-0.3, -0.25) is 0 Å². The Morgan fingerprint density at radius 1 is 0.886 bits per heavy atom. The van der Waals surface area contributed by atoms with Gasteiger partial charge < -0.3 is 64.9 Å². The Bertz CT molecular complexity index is 877. The van der Waals surface area contributed by atoms with Crippen molar-refractivity contribution in [2.24, 2.45) is 0 Å². The van der Waals surface area contributed by atoms with Gasteiger partial charge in [0, 0.05) is 6.07 Å². The number of hydrogen-bond acceptors (Lipinski definition) is 14. The molecule has 1 heterocycles. The third kappa shape index (κ3) is 5.22. The molecular formula is C21H30O14. The summed E-state index contributed by atoms with van der Waals surface area (Å²) in [7, 11) is 1.26. The van der Waals surface area contributed by atoms with Crippen molar-refractivity contribution in [1.82, 2.24) is 0 Å². The maximum Gasteiger partial charge on any atom is 0.342 e. The SMILES string of the molecule is COc1cc(O)cc(C)c1C(=O)O[C@@H]1[C@@H](O)[C@H](O)[C@@H](OC2[C@@H](O)[C@H](O)C(O)[C@@H](O)[C@H]2O)O[C@H]1CO. The Morgan fingerprint density at radius 3 is 1.97 bits per heavy atom. The van der Waals surface area contributed by atoms with Crippen molar-refractivity contribution in [3.63, 3.8) is 0 Å². The van der Waals surface area contributed by atoms with Gasteiger partial charge in [-0.1, -0.05) is 0 Å².